The van der Waals surface area contributed by atoms with Crippen molar-refractivity contribution < 1.29 is 0 Å². The van der Waals surface area contributed by atoms with E-state index in [0.717, 1.165) is 36.2 Å². The van der Waals surface area contributed by atoms with Crippen LogP contribution in [0.2, 0.25) is 0 Å². The molecule has 4 fully saturated rings. The zero-order valence-electron chi connectivity index (χ0n) is 16.0. The Labute approximate surface area is 154 Å². The summed E-state index contributed by atoms with van der Waals surface area (Å²) in [5.41, 5.74) is 1.99. The van der Waals surface area contributed by atoms with E-state index in [4.69, 9.17) is 4.99 Å². The quantitative estimate of drug-likeness (QED) is 0.814. The fourth-order valence-electron chi connectivity index (χ4n) is 6.76. The van der Waals surface area contributed by atoms with Gasteiger partial charge in [-0.15, -0.1) is 0 Å². The zero-order chi connectivity index (χ0) is 18.1. The number of aliphatic imine (C=N–C) groups is 1. The minimum atomic E-state index is -0.169. The summed E-state index contributed by atoms with van der Waals surface area (Å²) in [4.78, 5) is 31.0. The highest BCUT2D eigenvalue weighted by Gasteiger charge is 2.60. The van der Waals surface area contributed by atoms with Crippen molar-refractivity contribution in [1.29, 1.82) is 0 Å². The molecule has 0 amide bonds. The maximum Gasteiger partial charge on any atom is 0.332 e. The maximum atomic E-state index is 13.0. The molecule has 4 saturated carbocycles. The molecular formula is C21H29N3O2. The number of hydrogen-bond acceptors (Lipinski definition) is 3. The van der Waals surface area contributed by atoms with Crippen LogP contribution in [0.4, 0.5) is 5.82 Å². The predicted molar refractivity (Wildman–Crippen MR) is 102 cm³/mol. The summed E-state index contributed by atoms with van der Waals surface area (Å²) in [6, 6.07) is 0. The van der Waals surface area contributed by atoms with Gasteiger partial charge in [-0.3, -0.25) is 13.9 Å². The molecular weight excluding hydrogens is 326 g/mol. The molecule has 2 heterocycles. The van der Waals surface area contributed by atoms with Gasteiger partial charge in [-0.05, 0) is 62.7 Å². The third-order valence-electron chi connectivity index (χ3n) is 7.53. The first-order valence-corrected chi connectivity index (χ1v) is 10.5. The predicted octanol–water partition coefficient (Wildman–Crippen LogP) is 3.28. The Bertz CT molecular complexity index is 893. The van der Waals surface area contributed by atoms with E-state index >= 15 is 0 Å². The van der Waals surface area contributed by atoms with Crippen LogP contribution in [0, 0.1) is 23.2 Å². The highest BCUT2D eigenvalue weighted by atomic mass is 16.2. The minimum Gasteiger partial charge on any atom is -0.278 e. The van der Waals surface area contributed by atoms with Gasteiger partial charge in [0.25, 0.3) is 5.56 Å². The van der Waals surface area contributed by atoms with Crippen molar-refractivity contribution in [3.63, 3.8) is 0 Å². The molecule has 0 aromatic carbocycles. The average molecular weight is 355 g/mol. The SMILES string of the molecule is CCCn1c2c(c(=O)n(CCC)c1=O)CC(C13CC4CC(CC1C4)C3)=N2. The Morgan fingerprint density at radius 3 is 2.31 bits per heavy atom. The summed E-state index contributed by atoms with van der Waals surface area (Å²) < 4.78 is 3.22. The lowest BCUT2D eigenvalue weighted by molar-refractivity contribution is 0.262. The molecule has 0 radical (unpaired) electrons. The van der Waals surface area contributed by atoms with E-state index in [-0.39, 0.29) is 16.7 Å². The average Bonchev–Trinajstić information content (AvgIpc) is 3.24. The van der Waals surface area contributed by atoms with Gasteiger partial charge in [0, 0.05) is 30.6 Å². The van der Waals surface area contributed by atoms with Crippen LogP contribution >= 0.6 is 0 Å². The van der Waals surface area contributed by atoms with Crippen molar-refractivity contribution >= 4 is 11.5 Å². The van der Waals surface area contributed by atoms with Crippen molar-refractivity contribution in [3.05, 3.63) is 26.4 Å². The first kappa shape index (κ1) is 16.5. The van der Waals surface area contributed by atoms with Crippen molar-refractivity contribution in [3.8, 4) is 0 Å². The van der Waals surface area contributed by atoms with Gasteiger partial charge in [-0.2, -0.15) is 0 Å². The second kappa shape index (κ2) is 5.67. The smallest absolute Gasteiger partial charge is 0.278 e. The van der Waals surface area contributed by atoms with E-state index in [9.17, 15) is 9.59 Å². The maximum absolute atomic E-state index is 13.0. The Hall–Kier alpha value is -1.65. The van der Waals surface area contributed by atoms with E-state index in [2.05, 4.69) is 6.92 Å². The normalized spacial score (nSPS) is 33.8. The van der Waals surface area contributed by atoms with Crippen LogP contribution in [0.25, 0.3) is 0 Å². The van der Waals surface area contributed by atoms with Crippen LogP contribution in [-0.2, 0) is 19.5 Å². The molecule has 6 rings (SSSR count). The van der Waals surface area contributed by atoms with Crippen LogP contribution < -0.4 is 11.2 Å². The molecule has 26 heavy (non-hydrogen) atoms. The molecule has 0 saturated heterocycles. The van der Waals surface area contributed by atoms with Crippen molar-refractivity contribution in [2.45, 2.75) is 78.3 Å². The summed E-state index contributed by atoms with van der Waals surface area (Å²) in [6.45, 7) is 5.23. The number of aromatic nitrogens is 2. The molecule has 5 nitrogen and oxygen atoms in total. The summed E-state index contributed by atoms with van der Waals surface area (Å²) in [5.74, 6) is 3.19. The van der Waals surface area contributed by atoms with Crippen molar-refractivity contribution in [1.82, 2.24) is 9.13 Å². The standard InChI is InChI=1S/C21H29N3O2/c1-3-5-23-18-16(19(25)24(6-4-2)20(23)26)10-17(22-18)21-11-13-7-14(12-21)9-15(21)8-13/h13-15H,3-12H2,1-2H3. The van der Waals surface area contributed by atoms with E-state index < -0.39 is 0 Å². The van der Waals surface area contributed by atoms with Crippen molar-refractivity contribution in [2.75, 3.05) is 0 Å². The Balaban J connectivity index is 1.62. The Morgan fingerprint density at radius 1 is 1.00 bits per heavy atom. The van der Waals surface area contributed by atoms with Crippen molar-refractivity contribution in [2.24, 2.45) is 28.2 Å². The lowest BCUT2D eigenvalue weighted by atomic mass is 9.71. The van der Waals surface area contributed by atoms with Crippen LogP contribution in [-0.4, -0.2) is 14.8 Å². The topological polar surface area (TPSA) is 56.4 Å². The molecule has 1 aliphatic heterocycles. The zero-order valence-corrected chi connectivity index (χ0v) is 16.0. The molecule has 4 aliphatic carbocycles. The fraction of sp³-hybridized carbons (Fsp3) is 0.762. The molecule has 0 N–H and O–H groups in total. The number of fused-ring (bicyclic) bond motifs is 1. The third-order valence-corrected chi connectivity index (χ3v) is 7.53. The Morgan fingerprint density at radius 2 is 1.65 bits per heavy atom. The minimum absolute atomic E-state index is 0.0907. The van der Waals surface area contributed by atoms with Gasteiger partial charge in [0.05, 0.1) is 5.56 Å². The van der Waals surface area contributed by atoms with Gasteiger partial charge in [-0.25, -0.2) is 9.79 Å². The monoisotopic (exact) mass is 355 g/mol. The van der Waals surface area contributed by atoms with Crippen LogP contribution in [0.15, 0.2) is 14.6 Å². The molecule has 2 atom stereocenters. The highest BCUT2D eigenvalue weighted by Crippen LogP contribution is 2.66. The largest absolute Gasteiger partial charge is 0.332 e. The first-order chi connectivity index (χ1) is 12.6. The number of hydrogen-bond donors (Lipinski definition) is 0. The van der Waals surface area contributed by atoms with Crippen LogP contribution in [0.5, 0.6) is 0 Å². The molecule has 2 unspecified atom stereocenters. The summed E-state index contributed by atoms with van der Waals surface area (Å²) in [6.07, 6.45) is 8.99. The fourth-order valence-corrected chi connectivity index (χ4v) is 6.76. The van der Waals surface area contributed by atoms with E-state index in [1.807, 2.05) is 6.92 Å². The second-order valence-electron chi connectivity index (χ2n) is 9.13. The molecule has 5 aliphatic rings. The summed E-state index contributed by atoms with van der Waals surface area (Å²) in [7, 11) is 0. The third kappa shape index (κ3) is 2.06. The lowest BCUT2D eigenvalue weighted by Crippen LogP contribution is -2.41. The molecule has 0 spiro atoms. The second-order valence-corrected chi connectivity index (χ2v) is 9.13. The number of rotatable bonds is 5. The van der Waals surface area contributed by atoms with E-state index in [0.29, 0.717) is 25.3 Å². The highest BCUT2D eigenvalue weighted by molar-refractivity contribution is 5.98. The van der Waals surface area contributed by atoms with Gasteiger partial charge in [0.15, 0.2) is 0 Å². The van der Waals surface area contributed by atoms with Gasteiger partial charge in [0.2, 0.25) is 0 Å². The molecule has 1 aromatic rings. The summed E-state index contributed by atoms with van der Waals surface area (Å²) >= 11 is 0. The van der Waals surface area contributed by atoms with E-state index in [1.54, 1.807) is 4.57 Å². The molecule has 1 aromatic heterocycles. The molecule has 4 bridgehead atoms. The number of nitrogens with zero attached hydrogens (tertiary/aromatic N) is 3. The van der Waals surface area contributed by atoms with Crippen LogP contribution in [0.3, 0.4) is 0 Å². The summed E-state index contributed by atoms with van der Waals surface area (Å²) in [5, 5.41) is 0. The van der Waals surface area contributed by atoms with E-state index in [1.165, 1.54) is 42.4 Å². The van der Waals surface area contributed by atoms with Gasteiger partial charge >= 0.3 is 5.69 Å². The van der Waals surface area contributed by atoms with Crippen LogP contribution in [0.1, 0.15) is 64.4 Å². The van der Waals surface area contributed by atoms with Gasteiger partial charge in [0.1, 0.15) is 5.82 Å². The molecule has 140 valence electrons. The first-order valence-electron chi connectivity index (χ1n) is 10.5. The van der Waals surface area contributed by atoms with Gasteiger partial charge in [-0.1, -0.05) is 13.8 Å². The Kier molecular flexibility index (Phi) is 3.60. The lowest BCUT2D eigenvalue weighted by Gasteiger charge is -2.33. The molecule has 5 heteroatoms. The van der Waals surface area contributed by atoms with Gasteiger partial charge < -0.3 is 0 Å².